The minimum Gasteiger partial charge on any atom is -0.469 e. The van der Waals surface area contributed by atoms with Crippen LogP contribution in [0.1, 0.15) is 16.1 Å². The number of amides is 1. The molecule has 56 valence electrons. The molecule has 0 atom stereocenters. The number of hydrogen-bond donors (Lipinski definition) is 0. The summed E-state index contributed by atoms with van der Waals surface area (Å²) >= 11 is 4.27. The van der Waals surface area contributed by atoms with Crippen molar-refractivity contribution in [2.75, 3.05) is 0 Å². The fourth-order valence-electron chi connectivity index (χ4n) is 0.662. The van der Waals surface area contributed by atoms with E-state index in [0.29, 0.717) is 11.3 Å². The molecule has 0 spiro atoms. The van der Waals surface area contributed by atoms with Crippen molar-refractivity contribution < 1.29 is 9.21 Å². The van der Waals surface area contributed by atoms with Crippen molar-refractivity contribution in [2.24, 2.45) is 4.99 Å². The quantitative estimate of drug-likeness (QED) is 0.473. The van der Waals surface area contributed by atoms with Crippen LogP contribution in [-0.4, -0.2) is 11.1 Å². The summed E-state index contributed by atoms with van der Waals surface area (Å²) in [6.07, 6.45) is 1.34. The summed E-state index contributed by atoms with van der Waals surface area (Å²) in [5, 5.41) is 1.99. The van der Waals surface area contributed by atoms with E-state index >= 15 is 0 Å². The molecule has 11 heavy (non-hydrogen) atoms. The molecule has 0 aliphatic rings. The molecule has 1 aromatic rings. The molecule has 1 heterocycles. The third-order valence-corrected chi connectivity index (χ3v) is 1.22. The van der Waals surface area contributed by atoms with Gasteiger partial charge in [0.25, 0.3) is 5.91 Å². The zero-order chi connectivity index (χ0) is 8.27. The fraction of sp³-hybridized carbons (Fsp3) is 0.143. The number of thiocarbonyl (C=S) groups is 1. The lowest BCUT2D eigenvalue weighted by Crippen LogP contribution is -1.89. The third-order valence-electron chi connectivity index (χ3n) is 1.12. The zero-order valence-corrected chi connectivity index (χ0v) is 6.64. The first-order valence-corrected chi connectivity index (χ1v) is 3.32. The van der Waals surface area contributed by atoms with Gasteiger partial charge < -0.3 is 4.42 Å². The summed E-state index contributed by atoms with van der Waals surface area (Å²) in [6, 6.07) is 1.60. The van der Waals surface area contributed by atoms with Gasteiger partial charge in [0.05, 0.1) is 10.7 Å². The summed E-state index contributed by atoms with van der Waals surface area (Å²) < 4.78 is 4.89. The van der Waals surface area contributed by atoms with E-state index in [0.717, 1.165) is 0 Å². The molecule has 0 N–H and O–H groups in total. The largest absolute Gasteiger partial charge is 0.469 e. The molecule has 0 aliphatic carbocycles. The first-order chi connectivity index (χ1) is 5.24. The van der Waals surface area contributed by atoms with Crippen molar-refractivity contribution in [3.8, 4) is 0 Å². The Labute approximate surface area is 68.7 Å². The van der Waals surface area contributed by atoms with Crippen LogP contribution < -0.4 is 0 Å². The van der Waals surface area contributed by atoms with Crippen LogP contribution in [0.15, 0.2) is 21.7 Å². The second-order valence-electron chi connectivity index (χ2n) is 1.95. The molecule has 0 unspecified atom stereocenters. The van der Waals surface area contributed by atoms with E-state index in [-0.39, 0.29) is 0 Å². The van der Waals surface area contributed by atoms with Crippen LogP contribution in [0, 0.1) is 6.92 Å². The highest BCUT2D eigenvalue weighted by Crippen LogP contribution is 2.06. The molecule has 0 radical (unpaired) electrons. The molecular formula is C7H5NO2S. The maximum absolute atomic E-state index is 10.9. The van der Waals surface area contributed by atoms with Gasteiger partial charge in [-0.3, -0.25) is 4.79 Å². The minimum absolute atomic E-state index is 0.403. The van der Waals surface area contributed by atoms with Gasteiger partial charge in [0, 0.05) is 0 Å². The molecule has 0 bridgehead atoms. The Balaban J connectivity index is 2.93. The summed E-state index contributed by atoms with van der Waals surface area (Å²) in [6.45, 7) is 1.75. The van der Waals surface area contributed by atoms with Crippen LogP contribution in [-0.2, 0) is 0 Å². The predicted octanol–water partition coefficient (Wildman–Crippen LogP) is 1.83. The van der Waals surface area contributed by atoms with Gasteiger partial charge in [-0.2, -0.15) is 4.99 Å². The second kappa shape index (κ2) is 3.23. The normalized spacial score (nSPS) is 8.82. The Morgan fingerprint density at radius 2 is 2.55 bits per heavy atom. The second-order valence-corrected chi connectivity index (χ2v) is 2.14. The monoisotopic (exact) mass is 167 g/mol. The molecule has 0 saturated heterocycles. The van der Waals surface area contributed by atoms with Gasteiger partial charge in [0.2, 0.25) is 0 Å². The Bertz CT molecular complexity index is 323. The number of isothiocyanates is 1. The highest BCUT2D eigenvalue weighted by molar-refractivity contribution is 7.78. The number of aliphatic imine (C=N–C) groups is 1. The maximum atomic E-state index is 10.9. The van der Waals surface area contributed by atoms with Crippen molar-refractivity contribution in [3.63, 3.8) is 0 Å². The molecule has 0 aromatic carbocycles. The standard InChI is InChI=1S/C7H5NO2S/c1-5-2-6(3-10-5)7(9)8-4-11/h2-3H,1H3. The molecule has 3 nitrogen and oxygen atoms in total. The van der Waals surface area contributed by atoms with Crippen molar-refractivity contribution in [1.82, 2.24) is 0 Å². The summed E-state index contributed by atoms with van der Waals surface area (Å²) in [5.74, 6) is 0.254. The van der Waals surface area contributed by atoms with E-state index in [1.54, 1.807) is 13.0 Å². The summed E-state index contributed by atoms with van der Waals surface area (Å²) in [7, 11) is 0. The zero-order valence-electron chi connectivity index (χ0n) is 5.83. The van der Waals surface area contributed by atoms with Gasteiger partial charge in [-0.1, -0.05) is 0 Å². The molecule has 4 heteroatoms. The van der Waals surface area contributed by atoms with E-state index in [1.165, 1.54) is 6.26 Å². The van der Waals surface area contributed by atoms with Crippen LogP contribution in [0.4, 0.5) is 0 Å². The lowest BCUT2D eigenvalue weighted by Gasteiger charge is -1.79. The Kier molecular flexibility index (Phi) is 2.31. The van der Waals surface area contributed by atoms with Crippen LogP contribution in [0.25, 0.3) is 0 Å². The smallest absolute Gasteiger partial charge is 0.289 e. The molecule has 0 fully saturated rings. The topological polar surface area (TPSA) is 42.6 Å². The maximum Gasteiger partial charge on any atom is 0.289 e. The average molecular weight is 167 g/mol. The van der Waals surface area contributed by atoms with Gasteiger partial charge >= 0.3 is 0 Å². The number of carbonyl (C=O) groups excluding carboxylic acids is 1. The fourth-order valence-corrected chi connectivity index (χ4v) is 0.745. The molecular weight excluding hydrogens is 162 g/mol. The van der Waals surface area contributed by atoms with Crippen molar-refractivity contribution in [2.45, 2.75) is 6.92 Å². The lowest BCUT2D eigenvalue weighted by molar-refractivity contribution is 0.100. The van der Waals surface area contributed by atoms with E-state index in [4.69, 9.17) is 4.42 Å². The van der Waals surface area contributed by atoms with Crippen molar-refractivity contribution >= 4 is 23.3 Å². The number of aryl methyl sites for hydroxylation is 1. The summed E-state index contributed by atoms with van der Waals surface area (Å²) in [4.78, 5) is 14.2. The van der Waals surface area contributed by atoms with Crippen LogP contribution in [0.2, 0.25) is 0 Å². The van der Waals surface area contributed by atoms with Gasteiger partial charge in [0.15, 0.2) is 0 Å². The SMILES string of the molecule is Cc1cc(C(=O)N=C=S)co1. The number of nitrogens with zero attached hydrogens (tertiary/aromatic N) is 1. The first-order valence-electron chi connectivity index (χ1n) is 2.91. The molecule has 0 aliphatic heterocycles. The molecule has 1 amide bonds. The highest BCUT2D eigenvalue weighted by atomic mass is 32.1. The summed E-state index contributed by atoms with van der Waals surface area (Å²) in [5.41, 5.74) is 0.403. The Morgan fingerprint density at radius 1 is 1.82 bits per heavy atom. The van der Waals surface area contributed by atoms with Gasteiger partial charge in [-0.05, 0) is 25.2 Å². The van der Waals surface area contributed by atoms with Crippen LogP contribution in [0.3, 0.4) is 0 Å². The minimum atomic E-state index is -0.420. The molecule has 0 saturated carbocycles. The lowest BCUT2D eigenvalue weighted by atomic mass is 10.3. The number of carbonyl (C=O) groups is 1. The van der Waals surface area contributed by atoms with E-state index in [1.807, 2.05) is 5.16 Å². The predicted molar refractivity (Wildman–Crippen MR) is 42.8 cm³/mol. The van der Waals surface area contributed by atoms with Gasteiger partial charge in [-0.15, -0.1) is 0 Å². The first kappa shape index (κ1) is 7.85. The van der Waals surface area contributed by atoms with Crippen LogP contribution in [0.5, 0.6) is 0 Å². The van der Waals surface area contributed by atoms with Crippen molar-refractivity contribution in [3.05, 3.63) is 23.7 Å². The van der Waals surface area contributed by atoms with E-state index < -0.39 is 5.91 Å². The Hall–Kier alpha value is -1.25. The molecule has 1 aromatic heterocycles. The number of hydrogen-bond acceptors (Lipinski definition) is 3. The third kappa shape index (κ3) is 1.83. The highest BCUT2D eigenvalue weighted by Gasteiger charge is 2.05. The molecule has 1 rings (SSSR count). The number of rotatable bonds is 1. The van der Waals surface area contributed by atoms with Gasteiger partial charge in [-0.25, -0.2) is 0 Å². The van der Waals surface area contributed by atoms with E-state index in [2.05, 4.69) is 17.2 Å². The van der Waals surface area contributed by atoms with Gasteiger partial charge in [0.1, 0.15) is 12.0 Å². The average Bonchev–Trinajstić information content (AvgIpc) is 2.36. The van der Waals surface area contributed by atoms with Crippen molar-refractivity contribution in [1.29, 1.82) is 0 Å². The van der Waals surface area contributed by atoms with E-state index in [9.17, 15) is 4.79 Å². The Morgan fingerprint density at radius 3 is 3.00 bits per heavy atom. The number of furan rings is 1. The van der Waals surface area contributed by atoms with Crippen LogP contribution >= 0.6 is 12.2 Å².